The Morgan fingerprint density at radius 2 is 1.84 bits per heavy atom. The van der Waals surface area contributed by atoms with Gasteiger partial charge in [0.1, 0.15) is 11.9 Å². The second kappa shape index (κ2) is 9.41. The standard InChI is InChI=1S/C25H31N3O3/c1-3-18-8-7-9-20(16-18)26-24(29)19-12-14-27(15-13-19)25(30)28-17-21(4-2)31-23-11-6-5-10-22(23)28/h5-11,16,19,21H,3-4,12-15,17H2,1-2H3,(H,26,29). The molecule has 1 N–H and O–H groups in total. The number of para-hydroxylation sites is 2. The van der Waals surface area contributed by atoms with E-state index in [0.717, 1.165) is 30.0 Å². The molecule has 0 radical (unpaired) electrons. The summed E-state index contributed by atoms with van der Waals surface area (Å²) in [6.07, 6.45) is 3.14. The number of aryl methyl sites for hydroxylation is 1. The fourth-order valence-corrected chi connectivity index (χ4v) is 4.31. The molecule has 0 aliphatic carbocycles. The Hall–Kier alpha value is -3.02. The third-order valence-corrected chi connectivity index (χ3v) is 6.26. The highest BCUT2D eigenvalue weighted by molar-refractivity contribution is 5.95. The lowest BCUT2D eigenvalue weighted by Crippen LogP contribution is -2.52. The third-order valence-electron chi connectivity index (χ3n) is 6.26. The first-order valence-corrected chi connectivity index (χ1v) is 11.3. The molecule has 164 valence electrons. The minimum Gasteiger partial charge on any atom is -0.486 e. The summed E-state index contributed by atoms with van der Waals surface area (Å²) in [5, 5.41) is 3.05. The van der Waals surface area contributed by atoms with Crippen molar-refractivity contribution < 1.29 is 14.3 Å². The molecule has 6 heteroatoms. The van der Waals surface area contributed by atoms with Crippen LogP contribution in [0.3, 0.4) is 0 Å². The van der Waals surface area contributed by atoms with Crippen molar-refractivity contribution in [2.45, 2.75) is 45.6 Å². The van der Waals surface area contributed by atoms with E-state index in [1.165, 1.54) is 5.56 Å². The molecule has 2 aliphatic rings. The highest BCUT2D eigenvalue weighted by Gasteiger charge is 2.34. The summed E-state index contributed by atoms with van der Waals surface area (Å²) in [6.45, 7) is 5.90. The van der Waals surface area contributed by atoms with Crippen molar-refractivity contribution in [1.29, 1.82) is 0 Å². The van der Waals surface area contributed by atoms with Gasteiger partial charge in [0, 0.05) is 24.7 Å². The van der Waals surface area contributed by atoms with Crippen LogP contribution in [-0.4, -0.2) is 42.6 Å². The highest BCUT2D eigenvalue weighted by Crippen LogP contribution is 2.35. The maximum atomic E-state index is 13.3. The van der Waals surface area contributed by atoms with E-state index in [4.69, 9.17) is 4.74 Å². The number of fused-ring (bicyclic) bond motifs is 1. The minimum atomic E-state index is -0.0744. The summed E-state index contributed by atoms with van der Waals surface area (Å²) < 4.78 is 6.01. The zero-order valence-corrected chi connectivity index (χ0v) is 18.3. The summed E-state index contributed by atoms with van der Waals surface area (Å²) in [5.41, 5.74) is 2.88. The van der Waals surface area contributed by atoms with Crippen LogP contribution in [-0.2, 0) is 11.2 Å². The van der Waals surface area contributed by atoms with Crippen molar-refractivity contribution in [3.05, 3.63) is 54.1 Å². The van der Waals surface area contributed by atoms with Gasteiger partial charge in [0.25, 0.3) is 0 Å². The van der Waals surface area contributed by atoms with E-state index in [2.05, 4.69) is 25.2 Å². The van der Waals surface area contributed by atoms with Gasteiger partial charge in [-0.25, -0.2) is 4.79 Å². The Morgan fingerprint density at radius 1 is 1.06 bits per heavy atom. The summed E-state index contributed by atoms with van der Waals surface area (Å²) in [4.78, 5) is 29.8. The molecule has 6 nitrogen and oxygen atoms in total. The van der Waals surface area contributed by atoms with E-state index in [9.17, 15) is 9.59 Å². The number of likely N-dealkylation sites (tertiary alicyclic amines) is 1. The zero-order valence-electron chi connectivity index (χ0n) is 18.3. The van der Waals surface area contributed by atoms with Crippen molar-refractivity contribution in [3.63, 3.8) is 0 Å². The van der Waals surface area contributed by atoms with Crippen LogP contribution in [0.15, 0.2) is 48.5 Å². The van der Waals surface area contributed by atoms with Crippen LogP contribution in [0.1, 0.15) is 38.7 Å². The molecule has 2 heterocycles. The van der Waals surface area contributed by atoms with Crippen LogP contribution in [0, 0.1) is 5.92 Å². The van der Waals surface area contributed by atoms with Gasteiger partial charge in [-0.15, -0.1) is 0 Å². The molecule has 2 aromatic carbocycles. The number of hydrogen-bond acceptors (Lipinski definition) is 3. The molecular formula is C25H31N3O3. The van der Waals surface area contributed by atoms with Gasteiger partial charge < -0.3 is 15.0 Å². The number of anilines is 2. The molecule has 0 spiro atoms. The zero-order chi connectivity index (χ0) is 21.8. The smallest absolute Gasteiger partial charge is 0.324 e. The number of benzene rings is 2. The molecule has 0 saturated carbocycles. The van der Waals surface area contributed by atoms with Gasteiger partial charge in [0.2, 0.25) is 5.91 Å². The van der Waals surface area contributed by atoms with Crippen LogP contribution in [0.2, 0.25) is 0 Å². The molecule has 3 amide bonds. The van der Waals surface area contributed by atoms with Crippen LogP contribution >= 0.6 is 0 Å². The number of rotatable bonds is 4. The van der Waals surface area contributed by atoms with Crippen LogP contribution in [0.5, 0.6) is 5.75 Å². The van der Waals surface area contributed by atoms with Crippen LogP contribution in [0.4, 0.5) is 16.2 Å². The van der Waals surface area contributed by atoms with Crippen molar-refractivity contribution in [2.75, 3.05) is 29.9 Å². The first-order valence-electron chi connectivity index (χ1n) is 11.3. The Labute approximate surface area is 184 Å². The number of carbonyl (C=O) groups excluding carboxylic acids is 2. The molecule has 1 saturated heterocycles. The SMILES string of the molecule is CCc1cccc(NC(=O)C2CCN(C(=O)N3CC(CC)Oc4ccccc43)CC2)c1. The van der Waals surface area contributed by atoms with Gasteiger partial charge in [0.05, 0.1) is 12.2 Å². The maximum absolute atomic E-state index is 13.3. The Kier molecular flexibility index (Phi) is 6.44. The van der Waals surface area contributed by atoms with E-state index in [0.29, 0.717) is 32.5 Å². The Balaban J connectivity index is 1.37. The Bertz CT molecular complexity index is 937. The van der Waals surface area contributed by atoms with E-state index in [1.54, 1.807) is 0 Å². The molecule has 4 rings (SSSR count). The quantitative estimate of drug-likeness (QED) is 0.779. The lowest BCUT2D eigenvalue weighted by molar-refractivity contribution is -0.121. The van der Waals surface area contributed by atoms with Crippen molar-refractivity contribution in [2.24, 2.45) is 5.92 Å². The van der Waals surface area contributed by atoms with Gasteiger partial charge >= 0.3 is 6.03 Å². The molecule has 0 bridgehead atoms. The van der Waals surface area contributed by atoms with E-state index >= 15 is 0 Å². The Morgan fingerprint density at radius 3 is 2.58 bits per heavy atom. The summed E-state index contributed by atoms with van der Waals surface area (Å²) >= 11 is 0. The van der Waals surface area contributed by atoms with Crippen molar-refractivity contribution >= 4 is 23.3 Å². The second-order valence-electron chi connectivity index (χ2n) is 8.31. The largest absolute Gasteiger partial charge is 0.486 e. The molecule has 0 aromatic heterocycles. The van der Waals surface area contributed by atoms with Crippen molar-refractivity contribution in [3.8, 4) is 5.75 Å². The number of carbonyl (C=O) groups is 2. The van der Waals surface area contributed by atoms with E-state index in [1.807, 2.05) is 52.3 Å². The number of nitrogens with zero attached hydrogens (tertiary/aromatic N) is 2. The topological polar surface area (TPSA) is 61.9 Å². The predicted molar refractivity (Wildman–Crippen MR) is 123 cm³/mol. The number of ether oxygens (including phenoxy) is 1. The number of piperidine rings is 1. The lowest BCUT2D eigenvalue weighted by atomic mass is 9.96. The first kappa shape index (κ1) is 21.2. The minimum absolute atomic E-state index is 0.000973. The number of nitrogens with one attached hydrogen (secondary N) is 1. The monoisotopic (exact) mass is 421 g/mol. The predicted octanol–water partition coefficient (Wildman–Crippen LogP) is 4.70. The molecular weight excluding hydrogens is 390 g/mol. The molecule has 1 atom stereocenters. The van der Waals surface area contributed by atoms with Crippen LogP contribution in [0.25, 0.3) is 0 Å². The summed E-state index contributed by atoms with van der Waals surface area (Å²) in [7, 11) is 0. The fourth-order valence-electron chi connectivity index (χ4n) is 4.31. The first-order chi connectivity index (χ1) is 15.1. The molecule has 1 unspecified atom stereocenters. The lowest BCUT2D eigenvalue weighted by Gasteiger charge is -2.39. The van der Waals surface area contributed by atoms with E-state index < -0.39 is 0 Å². The fraction of sp³-hybridized carbons (Fsp3) is 0.440. The van der Waals surface area contributed by atoms with Gasteiger partial charge in [0.15, 0.2) is 0 Å². The van der Waals surface area contributed by atoms with Crippen LogP contribution < -0.4 is 15.0 Å². The average Bonchev–Trinajstić information content (AvgIpc) is 2.83. The van der Waals surface area contributed by atoms with Crippen molar-refractivity contribution in [1.82, 2.24) is 4.90 Å². The summed E-state index contributed by atoms with van der Waals surface area (Å²) in [6, 6.07) is 15.7. The molecule has 1 fully saturated rings. The second-order valence-corrected chi connectivity index (χ2v) is 8.31. The van der Waals surface area contributed by atoms with Gasteiger partial charge in [-0.1, -0.05) is 38.1 Å². The number of urea groups is 1. The number of hydrogen-bond donors (Lipinski definition) is 1. The summed E-state index contributed by atoms with van der Waals surface area (Å²) in [5.74, 6) is 0.732. The average molecular weight is 422 g/mol. The molecule has 2 aromatic rings. The number of amides is 3. The third kappa shape index (κ3) is 4.68. The molecule has 2 aliphatic heterocycles. The van der Waals surface area contributed by atoms with Gasteiger partial charge in [-0.3, -0.25) is 9.69 Å². The maximum Gasteiger partial charge on any atom is 0.324 e. The van der Waals surface area contributed by atoms with E-state index in [-0.39, 0.29) is 24.0 Å². The highest BCUT2D eigenvalue weighted by atomic mass is 16.5. The van der Waals surface area contributed by atoms with Gasteiger partial charge in [-0.05, 0) is 55.5 Å². The normalized spacial score (nSPS) is 18.8. The molecule has 31 heavy (non-hydrogen) atoms. The van der Waals surface area contributed by atoms with Gasteiger partial charge in [-0.2, -0.15) is 0 Å².